The molecule has 0 aliphatic rings. The van der Waals surface area contributed by atoms with Crippen LogP contribution < -0.4 is 4.72 Å². The summed E-state index contributed by atoms with van der Waals surface area (Å²) in [5.74, 6) is 0.0108. The van der Waals surface area contributed by atoms with Gasteiger partial charge in [0.15, 0.2) is 5.82 Å². The first-order chi connectivity index (χ1) is 7.91. The van der Waals surface area contributed by atoms with Crippen molar-refractivity contribution >= 4 is 27.4 Å². The number of sulfonamides is 1. The fourth-order valence-corrected chi connectivity index (χ4v) is 2.15. The van der Waals surface area contributed by atoms with Crippen molar-refractivity contribution in [3.63, 3.8) is 0 Å². The van der Waals surface area contributed by atoms with E-state index >= 15 is 0 Å². The first-order valence-electron chi connectivity index (χ1n) is 5.13. The SMILES string of the molecule is CC(C)OCCS(=O)(=O)Nc1ncccc1Cl. The molecule has 0 aliphatic carbocycles. The molecule has 0 saturated heterocycles. The maximum absolute atomic E-state index is 11.6. The summed E-state index contributed by atoms with van der Waals surface area (Å²) >= 11 is 5.79. The summed E-state index contributed by atoms with van der Waals surface area (Å²) in [7, 11) is -3.47. The number of aromatic nitrogens is 1. The Balaban J connectivity index is 2.58. The molecule has 0 atom stereocenters. The molecule has 17 heavy (non-hydrogen) atoms. The average Bonchev–Trinajstić information content (AvgIpc) is 2.20. The van der Waals surface area contributed by atoms with E-state index in [9.17, 15) is 8.42 Å². The van der Waals surface area contributed by atoms with E-state index in [-0.39, 0.29) is 29.3 Å². The van der Waals surface area contributed by atoms with Gasteiger partial charge in [0.25, 0.3) is 0 Å². The summed E-state index contributed by atoms with van der Waals surface area (Å²) in [5, 5.41) is 0.265. The monoisotopic (exact) mass is 278 g/mol. The number of nitrogens with zero attached hydrogens (tertiary/aromatic N) is 1. The molecule has 1 N–H and O–H groups in total. The van der Waals surface area contributed by atoms with E-state index < -0.39 is 10.0 Å². The van der Waals surface area contributed by atoms with Crippen molar-refractivity contribution in [1.82, 2.24) is 4.98 Å². The Kier molecular flexibility index (Phi) is 5.17. The summed E-state index contributed by atoms with van der Waals surface area (Å²) in [4.78, 5) is 3.84. The van der Waals surface area contributed by atoms with Crippen molar-refractivity contribution in [2.45, 2.75) is 20.0 Å². The minimum Gasteiger partial charge on any atom is -0.378 e. The molecule has 96 valence electrons. The largest absolute Gasteiger partial charge is 0.378 e. The number of nitrogens with one attached hydrogen (secondary N) is 1. The lowest BCUT2D eigenvalue weighted by Gasteiger charge is -2.10. The van der Waals surface area contributed by atoms with E-state index in [1.807, 2.05) is 13.8 Å². The third-order valence-corrected chi connectivity index (χ3v) is 3.33. The molecule has 0 aromatic carbocycles. The molecule has 0 unspecified atom stereocenters. The van der Waals surface area contributed by atoms with E-state index in [1.165, 1.54) is 6.20 Å². The van der Waals surface area contributed by atoms with Gasteiger partial charge in [-0.3, -0.25) is 4.72 Å². The lowest BCUT2D eigenvalue weighted by atomic mass is 10.5. The van der Waals surface area contributed by atoms with Gasteiger partial charge in [-0.2, -0.15) is 0 Å². The number of hydrogen-bond donors (Lipinski definition) is 1. The highest BCUT2D eigenvalue weighted by atomic mass is 35.5. The zero-order valence-electron chi connectivity index (χ0n) is 9.68. The predicted octanol–water partition coefficient (Wildman–Crippen LogP) is 1.90. The van der Waals surface area contributed by atoms with Crippen LogP contribution in [0.15, 0.2) is 18.3 Å². The second-order valence-electron chi connectivity index (χ2n) is 3.67. The summed E-state index contributed by atoms with van der Waals surface area (Å²) in [6.45, 7) is 3.82. The molecule has 5 nitrogen and oxygen atoms in total. The standard InChI is InChI=1S/C10H15ClN2O3S/c1-8(2)16-6-7-17(14,15)13-10-9(11)4-3-5-12-10/h3-5,8H,6-7H2,1-2H3,(H,12,13). The predicted molar refractivity (Wildman–Crippen MR) is 67.7 cm³/mol. The average molecular weight is 279 g/mol. The summed E-state index contributed by atoms with van der Waals surface area (Å²) < 4.78 is 30.8. The van der Waals surface area contributed by atoms with Crippen LogP contribution in [0.3, 0.4) is 0 Å². The van der Waals surface area contributed by atoms with Crippen LogP contribution in [0.5, 0.6) is 0 Å². The highest BCUT2D eigenvalue weighted by Gasteiger charge is 2.13. The van der Waals surface area contributed by atoms with E-state index in [1.54, 1.807) is 12.1 Å². The van der Waals surface area contributed by atoms with Crippen molar-refractivity contribution in [2.75, 3.05) is 17.1 Å². The Bertz CT molecular complexity index is 462. The Morgan fingerprint density at radius 1 is 1.53 bits per heavy atom. The Morgan fingerprint density at radius 3 is 2.82 bits per heavy atom. The van der Waals surface area contributed by atoms with Crippen LogP contribution in [0.1, 0.15) is 13.8 Å². The molecule has 1 rings (SSSR count). The second kappa shape index (κ2) is 6.18. The molecule has 1 aromatic heterocycles. The summed E-state index contributed by atoms with van der Waals surface area (Å²) in [6, 6.07) is 3.19. The van der Waals surface area contributed by atoms with Crippen molar-refractivity contribution in [3.8, 4) is 0 Å². The number of ether oxygens (including phenoxy) is 1. The molecule has 1 heterocycles. The number of hydrogen-bond acceptors (Lipinski definition) is 4. The smallest absolute Gasteiger partial charge is 0.236 e. The van der Waals surface area contributed by atoms with Crippen LogP contribution in [0, 0.1) is 0 Å². The minimum absolute atomic E-state index is 0.00337. The first-order valence-corrected chi connectivity index (χ1v) is 7.16. The Labute approximate surface area is 106 Å². The molecule has 0 saturated carbocycles. The highest BCUT2D eigenvalue weighted by molar-refractivity contribution is 7.92. The van der Waals surface area contributed by atoms with Gasteiger partial charge >= 0.3 is 0 Å². The third-order valence-electron chi connectivity index (χ3n) is 1.81. The number of anilines is 1. The Morgan fingerprint density at radius 2 is 2.24 bits per heavy atom. The Hall–Kier alpha value is -0.850. The molecule has 0 radical (unpaired) electrons. The molecule has 0 bridgehead atoms. The van der Waals surface area contributed by atoms with Crippen LogP contribution in [0.25, 0.3) is 0 Å². The van der Waals surface area contributed by atoms with Gasteiger partial charge in [0.05, 0.1) is 23.5 Å². The molecular formula is C10H15ClN2O3S. The van der Waals surface area contributed by atoms with Gasteiger partial charge < -0.3 is 4.74 Å². The quantitative estimate of drug-likeness (QED) is 0.863. The summed E-state index contributed by atoms with van der Waals surface area (Å²) in [6.07, 6.45) is 1.47. The van der Waals surface area contributed by atoms with Crippen LogP contribution in [0.4, 0.5) is 5.82 Å². The van der Waals surface area contributed by atoms with Crippen molar-refractivity contribution in [3.05, 3.63) is 23.4 Å². The van der Waals surface area contributed by atoms with Crippen molar-refractivity contribution in [1.29, 1.82) is 0 Å². The zero-order valence-corrected chi connectivity index (χ0v) is 11.3. The molecule has 0 spiro atoms. The lowest BCUT2D eigenvalue weighted by molar-refractivity contribution is 0.0913. The van der Waals surface area contributed by atoms with Crippen molar-refractivity contribution in [2.24, 2.45) is 0 Å². The van der Waals surface area contributed by atoms with Crippen LogP contribution >= 0.6 is 11.6 Å². The van der Waals surface area contributed by atoms with Gasteiger partial charge in [-0.05, 0) is 26.0 Å². The van der Waals surface area contributed by atoms with Crippen LogP contribution in [-0.4, -0.2) is 31.9 Å². The molecule has 1 aromatic rings. The van der Waals surface area contributed by atoms with Gasteiger partial charge in [0, 0.05) is 6.20 Å². The van der Waals surface area contributed by atoms with Crippen LogP contribution in [0.2, 0.25) is 5.02 Å². The zero-order chi connectivity index (χ0) is 12.9. The molecule has 0 aliphatic heterocycles. The van der Waals surface area contributed by atoms with Gasteiger partial charge in [-0.25, -0.2) is 13.4 Å². The minimum atomic E-state index is -3.47. The molecule has 0 amide bonds. The van der Waals surface area contributed by atoms with Gasteiger partial charge in [-0.15, -0.1) is 0 Å². The molecule has 7 heteroatoms. The highest BCUT2D eigenvalue weighted by Crippen LogP contribution is 2.18. The van der Waals surface area contributed by atoms with Crippen LogP contribution in [-0.2, 0) is 14.8 Å². The normalized spacial score (nSPS) is 11.8. The second-order valence-corrected chi connectivity index (χ2v) is 5.92. The number of rotatable bonds is 6. The fraction of sp³-hybridized carbons (Fsp3) is 0.500. The fourth-order valence-electron chi connectivity index (χ4n) is 1.05. The van der Waals surface area contributed by atoms with Gasteiger partial charge in [-0.1, -0.05) is 11.6 Å². The third kappa shape index (κ3) is 5.34. The van der Waals surface area contributed by atoms with Gasteiger partial charge in [0.2, 0.25) is 10.0 Å². The topological polar surface area (TPSA) is 68.3 Å². The maximum atomic E-state index is 11.6. The lowest BCUT2D eigenvalue weighted by Crippen LogP contribution is -2.22. The van der Waals surface area contributed by atoms with E-state index in [2.05, 4.69) is 9.71 Å². The number of pyridine rings is 1. The van der Waals surface area contributed by atoms with Gasteiger partial charge in [0.1, 0.15) is 0 Å². The van der Waals surface area contributed by atoms with Crippen molar-refractivity contribution < 1.29 is 13.2 Å². The number of halogens is 1. The molecule has 0 fully saturated rings. The molecular weight excluding hydrogens is 264 g/mol. The maximum Gasteiger partial charge on any atom is 0.236 e. The summed E-state index contributed by atoms with van der Waals surface area (Å²) in [5.41, 5.74) is 0. The van der Waals surface area contributed by atoms with E-state index in [4.69, 9.17) is 16.3 Å². The first kappa shape index (κ1) is 14.2. The van der Waals surface area contributed by atoms with E-state index in [0.717, 1.165) is 0 Å². The van der Waals surface area contributed by atoms with E-state index in [0.29, 0.717) is 0 Å².